The summed E-state index contributed by atoms with van der Waals surface area (Å²) < 4.78 is 26.3. The Morgan fingerprint density at radius 1 is 1.37 bits per heavy atom. The van der Waals surface area contributed by atoms with Crippen LogP contribution in [0.4, 0.5) is 8.78 Å². The SMILES string of the molecule is CC(NC(=O)Cc1cccs1)c1ccc(F)cc1F. The molecule has 0 aliphatic heterocycles. The van der Waals surface area contributed by atoms with Crippen molar-refractivity contribution in [2.24, 2.45) is 0 Å². The monoisotopic (exact) mass is 281 g/mol. The number of benzene rings is 1. The molecule has 0 saturated carbocycles. The number of rotatable bonds is 4. The van der Waals surface area contributed by atoms with Crippen LogP contribution in [0.3, 0.4) is 0 Å². The minimum absolute atomic E-state index is 0.182. The van der Waals surface area contributed by atoms with Gasteiger partial charge in [-0.3, -0.25) is 4.79 Å². The van der Waals surface area contributed by atoms with Gasteiger partial charge < -0.3 is 5.32 Å². The maximum atomic E-state index is 13.5. The van der Waals surface area contributed by atoms with E-state index in [0.29, 0.717) is 0 Å². The second-order valence-electron chi connectivity index (χ2n) is 4.21. The van der Waals surface area contributed by atoms with Crippen LogP contribution >= 0.6 is 11.3 Å². The average Bonchev–Trinajstić information content (AvgIpc) is 2.81. The topological polar surface area (TPSA) is 29.1 Å². The molecule has 1 N–H and O–H groups in total. The van der Waals surface area contributed by atoms with Crippen LogP contribution in [0.5, 0.6) is 0 Å². The molecule has 1 aromatic heterocycles. The number of hydrogen-bond donors (Lipinski definition) is 1. The summed E-state index contributed by atoms with van der Waals surface area (Å²) in [5.41, 5.74) is 0.279. The highest BCUT2D eigenvalue weighted by Crippen LogP contribution is 2.18. The lowest BCUT2D eigenvalue weighted by Gasteiger charge is -2.14. The van der Waals surface area contributed by atoms with Crippen LogP contribution in [0.25, 0.3) is 0 Å². The fourth-order valence-electron chi connectivity index (χ4n) is 1.79. The number of nitrogens with one attached hydrogen (secondary N) is 1. The number of amides is 1. The van der Waals surface area contributed by atoms with Gasteiger partial charge in [0.15, 0.2) is 0 Å². The molecule has 0 saturated heterocycles. The molecule has 5 heteroatoms. The minimum Gasteiger partial charge on any atom is -0.349 e. The van der Waals surface area contributed by atoms with Crippen LogP contribution in [0.1, 0.15) is 23.4 Å². The number of carbonyl (C=O) groups excluding carboxylic acids is 1. The van der Waals surface area contributed by atoms with Gasteiger partial charge in [-0.2, -0.15) is 0 Å². The van der Waals surface area contributed by atoms with Crippen molar-refractivity contribution in [3.8, 4) is 0 Å². The van der Waals surface area contributed by atoms with E-state index in [1.54, 1.807) is 6.92 Å². The summed E-state index contributed by atoms with van der Waals surface area (Å²) in [6.07, 6.45) is 0.269. The van der Waals surface area contributed by atoms with Gasteiger partial charge in [0.2, 0.25) is 5.91 Å². The fraction of sp³-hybridized carbons (Fsp3) is 0.214. The van der Waals surface area contributed by atoms with Crippen molar-refractivity contribution in [3.05, 3.63) is 57.8 Å². The summed E-state index contributed by atoms with van der Waals surface area (Å²) >= 11 is 1.49. The summed E-state index contributed by atoms with van der Waals surface area (Å²) in [6.45, 7) is 1.67. The lowest BCUT2D eigenvalue weighted by molar-refractivity contribution is -0.121. The number of hydrogen-bond acceptors (Lipinski definition) is 2. The van der Waals surface area contributed by atoms with Crippen molar-refractivity contribution in [2.45, 2.75) is 19.4 Å². The van der Waals surface area contributed by atoms with Crippen molar-refractivity contribution < 1.29 is 13.6 Å². The zero-order valence-electron chi connectivity index (χ0n) is 10.3. The molecule has 1 heterocycles. The molecule has 0 aliphatic carbocycles. The molecule has 2 rings (SSSR count). The quantitative estimate of drug-likeness (QED) is 0.913. The van der Waals surface area contributed by atoms with E-state index in [9.17, 15) is 13.6 Å². The van der Waals surface area contributed by atoms with Gasteiger partial charge in [0, 0.05) is 16.5 Å². The predicted molar refractivity (Wildman–Crippen MR) is 70.9 cm³/mol. The molecule has 1 atom stereocenters. The molecular weight excluding hydrogens is 268 g/mol. The molecule has 0 aliphatic rings. The van der Waals surface area contributed by atoms with Crippen molar-refractivity contribution in [1.82, 2.24) is 5.32 Å². The average molecular weight is 281 g/mol. The Bertz CT molecular complexity index is 569. The van der Waals surface area contributed by atoms with Crippen LogP contribution in [-0.2, 0) is 11.2 Å². The summed E-state index contributed by atoms with van der Waals surface area (Å²) in [6, 6.07) is 6.59. The standard InChI is InChI=1S/C14H13F2NOS/c1-9(12-5-4-10(15)7-13(12)16)17-14(18)8-11-3-2-6-19-11/h2-7,9H,8H2,1H3,(H,17,18). The predicted octanol–water partition coefficient (Wildman–Crippen LogP) is 3.45. The van der Waals surface area contributed by atoms with Crippen molar-refractivity contribution >= 4 is 17.2 Å². The Morgan fingerprint density at radius 3 is 2.79 bits per heavy atom. The summed E-state index contributed by atoms with van der Waals surface area (Å²) in [5.74, 6) is -1.46. The van der Waals surface area contributed by atoms with Gasteiger partial charge in [-0.05, 0) is 24.4 Å². The summed E-state index contributed by atoms with van der Waals surface area (Å²) in [7, 11) is 0. The summed E-state index contributed by atoms with van der Waals surface area (Å²) in [5, 5.41) is 4.59. The second kappa shape index (κ2) is 5.93. The largest absolute Gasteiger partial charge is 0.349 e. The normalized spacial score (nSPS) is 12.2. The van der Waals surface area contributed by atoms with E-state index >= 15 is 0 Å². The Labute approximate surface area is 114 Å². The third kappa shape index (κ3) is 3.61. The maximum Gasteiger partial charge on any atom is 0.225 e. The highest BCUT2D eigenvalue weighted by atomic mass is 32.1. The molecule has 100 valence electrons. The first-order valence-corrected chi connectivity index (χ1v) is 6.71. The van der Waals surface area contributed by atoms with E-state index in [1.807, 2.05) is 17.5 Å². The second-order valence-corrected chi connectivity index (χ2v) is 5.24. The molecule has 0 spiro atoms. The maximum absolute atomic E-state index is 13.5. The van der Waals surface area contributed by atoms with Gasteiger partial charge in [0.25, 0.3) is 0 Å². The van der Waals surface area contributed by atoms with Crippen LogP contribution in [0.2, 0.25) is 0 Å². The number of carbonyl (C=O) groups is 1. The zero-order valence-corrected chi connectivity index (χ0v) is 11.1. The first-order chi connectivity index (χ1) is 9.06. The summed E-state index contributed by atoms with van der Waals surface area (Å²) in [4.78, 5) is 12.7. The highest BCUT2D eigenvalue weighted by molar-refractivity contribution is 7.10. The first kappa shape index (κ1) is 13.7. The molecule has 0 fully saturated rings. The third-order valence-corrected chi connectivity index (χ3v) is 3.60. The Hall–Kier alpha value is -1.75. The van der Waals surface area contributed by atoms with E-state index in [0.717, 1.165) is 10.9 Å². The molecule has 2 aromatic rings. The first-order valence-electron chi connectivity index (χ1n) is 5.83. The number of halogens is 2. The molecule has 19 heavy (non-hydrogen) atoms. The third-order valence-electron chi connectivity index (χ3n) is 2.72. The Balaban J connectivity index is 2.00. The van der Waals surface area contributed by atoms with E-state index in [-0.39, 0.29) is 17.9 Å². The lowest BCUT2D eigenvalue weighted by Crippen LogP contribution is -2.28. The Morgan fingerprint density at radius 2 is 2.16 bits per heavy atom. The molecule has 0 radical (unpaired) electrons. The van der Waals surface area contributed by atoms with Gasteiger partial charge in [-0.15, -0.1) is 11.3 Å². The van der Waals surface area contributed by atoms with Crippen LogP contribution in [0, 0.1) is 11.6 Å². The molecule has 1 amide bonds. The smallest absolute Gasteiger partial charge is 0.225 e. The van der Waals surface area contributed by atoms with Crippen molar-refractivity contribution in [1.29, 1.82) is 0 Å². The molecular formula is C14H13F2NOS. The van der Waals surface area contributed by atoms with Crippen molar-refractivity contribution in [2.75, 3.05) is 0 Å². The van der Waals surface area contributed by atoms with Crippen LogP contribution in [-0.4, -0.2) is 5.91 Å². The zero-order chi connectivity index (χ0) is 13.8. The lowest BCUT2D eigenvalue weighted by atomic mass is 10.1. The fourth-order valence-corrected chi connectivity index (χ4v) is 2.50. The molecule has 2 nitrogen and oxygen atoms in total. The van der Waals surface area contributed by atoms with Gasteiger partial charge in [0.05, 0.1) is 12.5 Å². The van der Waals surface area contributed by atoms with Crippen molar-refractivity contribution in [3.63, 3.8) is 0 Å². The van der Waals surface area contributed by atoms with Crippen LogP contribution in [0.15, 0.2) is 35.7 Å². The Kier molecular flexibility index (Phi) is 4.27. The molecule has 1 aromatic carbocycles. The van der Waals surface area contributed by atoms with Gasteiger partial charge in [-0.25, -0.2) is 8.78 Å². The minimum atomic E-state index is -0.649. The van der Waals surface area contributed by atoms with E-state index in [1.165, 1.54) is 23.5 Å². The van der Waals surface area contributed by atoms with Gasteiger partial charge in [0.1, 0.15) is 11.6 Å². The highest BCUT2D eigenvalue weighted by Gasteiger charge is 2.14. The van der Waals surface area contributed by atoms with E-state index in [2.05, 4.69) is 5.32 Å². The van der Waals surface area contributed by atoms with Gasteiger partial charge in [-0.1, -0.05) is 12.1 Å². The van der Waals surface area contributed by atoms with E-state index in [4.69, 9.17) is 0 Å². The number of thiophene rings is 1. The molecule has 0 bridgehead atoms. The van der Waals surface area contributed by atoms with E-state index < -0.39 is 17.7 Å². The van der Waals surface area contributed by atoms with Crippen LogP contribution < -0.4 is 5.32 Å². The van der Waals surface area contributed by atoms with Gasteiger partial charge >= 0.3 is 0 Å². The molecule has 1 unspecified atom stereocenters.